The Hall–Kier alpha value is -1.90. The van der Waals surface area contributed by atoms with Crippen molar-refractivity contribution in [3.63, 3.8) is 0 Å². The van der Waals surface area contributed by atoms with Crippen LogP contribution in [0.4, 0.5) is 4.79 Å². The van der Waals surface area contributed by atoms with Crippen LogP contribution in [0.25, 0.3) is 0 Å². The van der Waals surface area contributed by atoms with E-state index in [1.54, 1.807) is 11.8 Å². The van der Waals surface area contributed by atoms with Gasteiger partial charge >= 0.3 is 6.09 Å². The number of nitrogens with one attached hydrogen (secondary N) is 2. The first kappa shape index (κ1) is 24.8. The Morgan fingerprint density at radius 1 is 1.17 bits per heavy atom. The summed E-state index contributed by atoms with van der Waals surface area (Å²) in [6, 6.07) is 0.217. The highest BCUT2D eigenvalue weighted by molar-refractivity contribution is 8.00. The number of hydrogen-bond donors (Lipinski definition) is 2. The Morgan fingerprint density at radius 3 is 2.49 bits per heavy atom. The summed E-state index contributed by atoms with van der Waals surface area (Å²) in [5.74, 6) is 2.35. The molecule has 1 aromatic rings. The molecule has 6 rings (SSSR count). The van der Waals surface area contributed by atoms with Gasteiger partial charge in [0.25, 0.3) is 11.8 Å². The molecule has 4 bridgehead atoms. The number of alkyl carbamates (subject to hydrolysis) is 1. The van der Waals surface area contributed by atoms with Crippen LogP contribution in [-0.2, 0) is 4.74 Å². The molecule has 2 N–H and O–H groups in total. The van der Waals surface area contributed by atoms with Gasteiger partial charge in [-0.25, -0.2) is 4.79 Å². The standard InChI is InChI=1S/C26H39N3O5S/c1-25(2,28-24(31)32-4)14-33-23-21(35-18-7-5-6-8-18)20(34-29-23)22(30)27-19-16-9-15-10-17(19)13-26(3,11-15)12-16/h15-19H,5-14H2,1-4H3,(H,27,30)(H,28,31). The van der Waals surface area contributed by atoms with Crippen LogP contribution in [0.1, 0.15) is 89.1 Å². The minimum atomic E-state index is -0.680. The van der Waals surface area contributed by atoms with Gasteiger partial charge < -0.3 is 24.6 Å². The van der Waals surface area contributed by atoms with E-state index in [9.17, 15) is 9.59 Å². The number of ether oxygens (including phenoxy) is 2. The maximum atomic E-state index is 13.5. The lowest BCUT2D eigenvalue weighted by Gasteiger charge is -2.59. The molecule has 2 atom stereocenters. The van der Waals surface area contributed by atoms with Crippen LogP contribution in [0.3, 0.4) is 0 Å². The molecule has 0 aromatic carbocycles. The number of hydrogen-bond acceptors (Lipinski definition) is 7. The summed E-state index contributed by atoms with van der Waals surface area (Å²) in [6.07, 6.45) is 10.3. The average molecular weight is 506 g/mol. The van der Waals surface area contributed by atoms with E-state index in [4.69, 9.17) is 14.0 Å². The van der Waals surface area contributed by atoms with Gasteiger partial charge in [-0.3, -0.25) is 4.79 Å². The minimum absolute atomic E-state index is 0.167. The lowest BCUT2D eigenvalue weighted by Crippen LogP contribution is -2.58. The predicted octanol–water partition coefficient (Wildman–Crippen LogP) is 5.17. The smallest absolute Gasteiger partial charge is 0.407 e. The lowest BCUT2D eigenvalue weighted by atomic mass is 9.48. The van der Waals surface area contributed by atoms with Gasteiger partial charge in [-0.2, -0.15) is 0 Å². The van der Waals surface area contributed by atoms with Crippen LogP contribution in [0.2, 0.25) is 0 Å². The Morgan fingerprint density at radius 2 is 1.86 bits per heavy atom. The first-order valence-corrected chi connectivity index (χ1v) is 14.0. The zero-order valence-corrected chi connectivity index (χ0v) is 22.2. The zero-order chi connectivity index (χ0) is 24.8. The topological polar surface area (TPSA) is 103 Å². The molecule has 0 radical (unpaired) electrons. The quantitative estimate of drug-likeness (QED) is 0.503. The van der Waals surface area contributed by atoms with E-state index in [1.807, 2.05) is 13.8 Å². The molecule has 0 saturated heterocycles. The van der Waals surface area contributed by atoms with Crippen molar-refractivity contribution in [1.29, 1.82) is 0 Å². The van der Waals surface area contributed by atoms with Crippen molar-refractivity contribution in [3.05, 3.63) is 5.76 Å². The fourth-order valence-corrected chi connectivity index (χ4v) is 8.61. The number of carbonyl (C=O) groups excluding carboxylic acids is 2. The molecule has 9 heteroatoms. The van der Waals surface area contributed by atoms with E-state index >= 15 is 0 Å². The number of nitrogens with zero attached hydrogens (tertiary/aromatic N) is 1. The molecule has 8 nitrogen and oxygen atoms in total. The van der Waals surface area contributed by atoms with Gasteiger partial charge in [0, 0.05) is 11.3 Å². The van der Waals surface area contributed by atoms with Crippen molar-refractivity contribution in [2.75, 3.05) is 13.7 Å². The lowest BCUT2D eigenvalue weighted by molar-refractivity contribution is -0.0643. The maximum Gasteiger partial charge on any atom is 0.407 e. The molecule has 5 fully saturated rings. The minimum Gasteiger partial charge on any atom is -0.472 e. The van der Waals surface area contributed by atoms with E-state index in [-0.39, 0.29) is 24.3 Å². The third-order valence-electron chi connectivity index (χ3n) is 8.49. The number of thioether (sulfide) groups is 1. The Kier molecular flexibility index (Phi) is 6.74. The first-order valence-electron chi connectivity index (χ1n) is 13.1. The van der Waals surface area contributed by atoms with Gasteiger partial charge in [-0.15, -0.1) is 11.8 Å². The van der Waals surface area contributed by atoms with E-state index in [2.05, 4.69) is 22.7 Å². The number of carbonyl (C=O) groups is 2. The fraction of sp³-hybridized carbons (Fsp3) is 0.808. The fourth-order valence-electron chi connectivity index (χ4n) is 7.28. The summed E-state index contributed by atoms with van der Waals surface area (Å²) in [5, 5.41) is 10.7. The molecular formula is C26H39N3O5S. The summed E-state index contributed by atoms with van der Waals surface area (Å²) in [5.41, 5.74) is -0.222. The second-order valence-electron chi connectivity index (χ2n) is 12.2. The molecule has 35 heavy (non-hydrogen) atoms. The third-order valence-corrected chi connectivity index (χ3v) is 9.89. The highest BCUT2D eigenvalue weighted by Crippen LogP contribution is 2.59. The van der Waals surface area contributed by atoms with Crippen molar-refractivity contribution in [2.45, 2.75) is 100 Å². The molecule has 1 heterocycles. The molecule has 5 saturated carbocycles. The Labute approximate surface area is 212 Å². The Balaban J connectivity index is 1.31. The van der Waals surface area contributed by atoms with E-state index < -0.39 is 11.6 Å². The van der Waals surface area contributed by atoms with Crippen LogP contribution in [0.5, 0.6) is 5.88 Å². The van der Waals surface area contributed by atoms with Crippen molar-refractivity contribution in [1.82, 2.24) is 15.8 Å². The van der Waals surface area contributed by atoms with Crippen molar-refractivity contribution in [2.24, 2.45) is 23.2 Å². The van der Waals surface area contributed by atoms with Crippen molar-refractivity contribution in [3.8, 4) is 5.88 Å². The van der Waals surface area contributed by atoms with Crippen molar-refractivity contribution >= 4 is 23.8 Å². The molecule has 0 aliphatic heterocycles. The molecule has 5 aliphatic carbocycles. The summed E-state index contributed by atoms with van der Waals surface area (Å²) >= 11 is 1.64. The van der Waals surface area contributed by atoms with Crippen LogP contribution in [-0.4, -0.2) is 47.7 Å². The highest BCUT2D eigenvalue weighted by Gasteiger charge is 2.53. The number of methoxy groups -OCH3 is 1. The largest absolute Gasteiger partial charge is 0.472 e. The van der Waals surface area contributed by atoms with Gasteiger partial charge in [0.2, 0.25) is 5.76 Å². The highest BCUT2D eigenvalue weighted by atomic mass is 32.2. The molecule has 0 spiro atoms. The van der Waals surface area contributed by atoms with Gasteiger partial charge in [0.15, 0.2) is 0 Å². The second kappa shape index (κ2) is 9.52. The average Bonchev–Trinajstić information content (AvgIpc) is 3.43. The van der Waals surface area contributed by atoms with Gasteiger partial charge in [-0.05, 0) is 87.1 Å². The zero-order valence-electron chi connectivity index (χ0n) is 21.4. The SMILES string of the molecule is COC(=O)NC(C)(C)COc1noc(C(=O)NC2C3CC4CC2CC(C)(C4)C3)c1SC1CCCC1. The molecule has 2 amide bonds. The summed E-state index contributed by atoms with van der Waals surface area (Å²) in [7, 11) is 1.33. The molecule has 2 unspecified atom stereocenters. The van der Waals surface area contributed by atoms with Crippen LogP contribution in [0.15, 0.2) is 9.42 Å². The molecular weight excluding hydrogens is 466 g/mol. The van der Waals surface area contributed by atoms with E-state index in [1.165, 1.54) is 52.1 Å². The summed E-state index contributed by atoms with van der Waals surface area (Å²) in [6.45, 7) is 6.28. The van der Waals surface area contributed by atoms with Crippen LogP contribution >= 0.6 is 11.8 Å². The maximum absolute atomic E-state index is 13.5. The number of aromatic nitrogens is 1. The number of amides is 2. The van der Waals surface area contributed by atoms with E-state index in [0.29, 0.717) is 33.3 Å². The third kappa shape index (κ3) is 5.30. The molecule has 1 aromatic heterocycles. The van der Waals surface area contributed by atoms with Gasteiger partial charge in [0.1, 0.15) is 11.5 Å². The summed E-state index contributed by atoms with van der Waals surface area (Å²) < 4.78 is 16.3. The monoisotopic (exact) mass is 505 g/mol. The van der Waals surface area contributed by atoms with E-state index in [0.717, 1.165) is 18.8 Å². The molecule has 194 valence electrons. The number of rotatable bonds is 8. The van der Waals surface area contributed by atoms with Gasteiger partial charge in [0.05, 0.1) is 12.6 Å². The van der Waals surface area contributed by atoms with Crippen LogP contribution < -0.4 is 15.4 Å². The van der Waals surface area contributed by atoms with Crippen molar-refractivity contribution < 1.29 is 23.6 Å². The van der Waals surface area contributed by atoms with Crippen LogP contribution in [0, 0.1) is 23.2 Å². The Bertz CT molecular complexity index is 941. The second-order valence-corrected chi connectivity index (χ2v) is 13.5. The molecule has 5 aliphatic rings. The normalized spacial score (nSPS) is 32.0. The first-order chi connectivity index (χ1) is 16.6. The summed E-state index contributed by atoms with van der Waals surface area (Å²) in [4.78, 5) is 25.9. The predicted molar refractivity (Wildman–Crippen MR) is 133 cm³/mol. The van der Waals surface area contributed by atoms with Gasteiger partial charge in [-0.1, -0.05) is 19.8 Å².